The summed E-state index contributed by atoms with van der Waals surface area (Å²) in [6.07, 6.45) is 6.09. The molecule has 0 amide bonds. The summed E-state index contributed by atoms with van der Waals surface area (Å²) in [6, 6.07) is 4.89. The molecule has 20 heavy (non-hydrogen) atoms. The monoisotopic (exact) mass is 293 g/mol. The summed E-state index contributed by atoms with van der Waals surface area (Å²) in [5, 5.41) is 5.70. The van der Waals surface area contributed by atoms with Gasteiger partial charge in [-0.1, -0.05) is 19.4 Å². The summed E-state index contributed by atoms with van der Waals surface area (Å²) < 4.78 is 7.37. The first-order valence-electron chi connectivity index (χ1n) is 7.08. The molecule has 1 N–H and O–H groups in total. The van der Waals surface area contributed by atoms with Gasteiger partial charge in [-0.2, -0.15) is 0 Å². The molecule has 2 aromatic heterocycles. The highest BCUT2D eigenvalue weighted by atomic mass is 32.1. The first kappa shape index (κ1) is 15.1. The van der Waals surface area contributed by atoms with Crippen molar-refractivity contribution in [3.8, 4) is 0 Å². The Labute approximate surface area is 124 Å². The van der Waals surface area contributed by atoms with Crippen LogP contribution in [0.1, 0.15) is 43.6 Å². The molecule has 2 unspecified atom stereocenters. The first-order chi connectivity index (χ1) is 9.76. The maximum Gasteiger partial charge on any atom is 0.203 e. The van der Waals surface area contributed by atoms with Gasteiger partial charge in [-0.05, 0) is 24.8 Å². The maximum atomic E-state index is 5.23. The van der Waals surface area contributed by atoms with E-state index in [0.717, 1.165) is 18.8 Å². The fraction of sp³-hybridized carbons (Fsp3) is 0.533. The van der Waals surface area contributed by atoms with E-state index >= 15 is 0 Å². The number of ether oxygens (including phenoxy) is 1. The zero-order valence-corrected chi connectivity index (χ0v) is 13.2. The van der Waals surface area contributed by atoms with Crippen molar-refractivity contribution in [3.63, 3.8) is 0 Å². The molecule has 0 spiro atoms. The number of aromatic nitrogens is 2. The number of hydrogen-bond donors (Lipinski definition) is 1. The minimum absolute atomic E-state index is 0.274. The van der Waals surface area contributed by atoms with Crippen molar-refractivity contribution in [2.75, 3.05) is 19.0 Å². The topological polar surface area (TPSA) is 39.1 Å². The Balaban J connectivity index is 2.13. The largest absolute Gasteiger partial charge is 0.383 e. The minimum Gasteiger partial charge on any atom is -0.383 e. The summed E-state index contributed by atoms with van der Waals surface area (Å²) in [4.78, 5) is 5.81. The molecule has 0 radical (unpaired) electrons. The lowest BCUT2D eigenvalue weighted by atomic mass is 10.1. The maximum absolute atomic E-state index is 5.23. The highest BCUT2D eigenvalue weighted by molar-refractivity contribution is 7.10. The third-order valence-electron chi connectivity index (χ3n) is 3.32. The Morgan fingerprint density at radius 1 is 1.50 bits per heavy atom. The summed E-state index contributed by atoms with van der Waals surface area (Å²) in [7, 11) is 1.73. The van der Waals surface area contributed by atoms with Crippen LogP contribution in [-0.2, 0) is 4.74 Å². The van der Waals surface area contributed by atoms with Gasteiger partial charge in [0.1, 0.15) is 0 Å². The number of methoxy groups -OCH3 is 1. The van der Waals surface area contributed by atoms with Gasteiger partial charge in [0, 0.05) is 24.4 Å². The van der Waals surface area contributed by atoms with Gasteiger partial charge in [0.05, 0.1) is 18.7 Å². The number of rotatable bonds is 8. The number of nitrogens with zero attached hydrogens (tertiary/aromatic N) is 2. The second-order valence-electron chi connectivity index (χ2n) is 4.96. The molecular weight excluding hydrogens is 270 g/mol. The fourth-order valence-electron chi connectivity index (χ4n) is 2.32. The van der Waals surface area contributed by atoms with E-state index in [9.17, 15) is 0 Å². The van der Waals surface area contributed by atoms with Gasteiger partial charge in [0.15, 0.2) is 0 Å². The molecule has 0 bridgehead atoms. The Bertz CT molecular complexity index is 495. The molecule has 0 aliphatic carbocycles. The molecule has 2 heterocycles. The van der Waals surface area contributed by atoms with Crippen molar-refractivity contribution in [3.05, 3.63) is 34.8 Å². The highest BCUT2D eigenvalue weighted by Crippen LogP contribution is 2.27. The molecule has 0 aliphatic heterocycles. The van der Waals surface area contributed by atoms with E-state index in [1.165, 1.54) is 4.88 Å². The average Bonchev–Trinajstić information content (AvgIpc) is 3.09. The predicted molar refractivity (Wildman–Crippen MR) is 84.4 cm³/mol. The smallest absolute Gasteiger partial charge is 0.203 e. The Morgan fingerprint density at radius 2 is 2.35 bits per heavy atom. The van der Waals surface area contributed by atoms with Gasteiger partial charge in [-0.25, -0.2) is 4.98 Å². The molecule has 4 nitrogen and oxygen atoms in total. The molecule has 2 atom stereocenters. The number of imidazole rings is 1. The third kappa shape index (κ3) is 3.61. The van der Waals surface area contributed by atoms with Crippen molar-refractivity contribution < 1.29 is 4.74 Å². The van der Waals surface area contributed by atoms with Crippen LogP contribution in [0.15, 0.2) is 29.9 Å². The van der Waals surface area contributed by atoms with Crippen LogP contribution >= 0.6 is 11.3 Å². The Kier molecular flexibility index (Phi) is 5.61. The molecule has 0 aromatic carbocycles. The minimum atomic E-state index is 0.274. The lowest BCUT2D eigenvalue weighted by Crippen LogP contribution is -2.17. The highest BCUT2D eigenvalue weighted by Gasteiger charge is 2.16. The van der Waals surface area contributed by atoms with Crippen molar-refractivity contribution in [2.24, 2.45) is 0 Å². The molecular formula is C15H23N3OS. The van der Waals surface area contributed by atoms with Crippen molar-refractivity contribution in [1.82, 2.24) is 9.55 Å². The molecule has 2 rings (SSSR count). The zero-order chi connectivity index (χ0) is 14.4. The van der Waals surface area contributed by atoms with Crippen LogP contribution in [0.2, 0.25) is 0 Å². The van der Waals surface area contributed by atoms with Crippen LogP contribution < -0.4 is 5.32 Å². The molecule has 0 saturated carbocycles. The van der Waals surface area contributed by atoms with E-state index in [1.807, 2.05) is 12.4 Å². The van der Waals surface area contributed by atoms with E-state index in [0.29, 0.717) is 12.6 Å². The van der Waals surface area contributed by atoms with E-state index < -0.39 is 0 Å². The first-order valence-corrected chi connectivity index (χ1v) is 7.96. The van der Waals surface area contributed by atoms with Gasteiger partial charge >= 0.3 is 0 Å². The molecule has 110 valence electrons. The van der Waals surface area contributed by atoms with E-state index in [4.69, 9.17) is 4.74 Å². The molecule has 0 aliphatic rings. The Hall–Kier alpha value is -1.33. The van der Waals surface area contributed by atoms with Crippen molar-refractivity contribution >= 4 is 17.3 Å². The lowest BCUT2D eigenvalue weighted by molar-refractivity contribution is 0.163. The lowest BCUT2D eigenvalue weighted by Gasteiger charge is -2.21. The van der Waals surface area contributed by atoms with Gasteiger partial charge in [-0.3, -0.25) is 0 Å². The summed E-state index contributed by atoms with van der Waals surface area (Å²) in [5.74, 6) is 0.918. The van der Waals surface area contributed by atoms with Gasteiger partial charge in [-0.15, -0.1) is 11.3 Å². The van der Waals surface area contributed by atoms with Crippen LogP contribution in [0, 0.1) is 0 Å². The zero-order valence-electron chi connectivity index (χ0n) is 12.4. The number of thiophene rings is 1. The summed E-state index contributed by atoms with van der Waals surface area (Å²) in [5.41, 5.74) is 0. The Morgan fingerprint density at radius 3 is 3.00 bits per heavy atom. The molecule has 0 fully saturated rings. The van der Waals surface area contributed by atoms with E-state index in [2.05, 4.69) is 46.2 Å². The van der Waals surface area contributed by atoms with Crippen LogP contribution in [0.4, 0.5) is 5.95 Å². The standard InChI is InChI=1S/C15H23N3OS/c1-4-6-13(14-7-5-10-20-14)17-15-16-8-9-18(15)12(2)11-19-3/h5,7-10,12-13H,4,6,11H2,1-3H3,(H,16,17). The van der Waals surface area contributed by atoms with Crippen molar-refractivity contribution in [1.29, 1.82) is 0 Å². The van der Waals surface area contributed by atoms with Crippen LogP contribution in [0.3, 0.4) is 0 Å². The summed E-state index contributed by atoms with van der Waals surface area (Å²) >= 11 is 1.79. The van der Waals surface area contributed by atoms with Gasteiger partial charge in [0.25, 0.3) is 0 Å². The number of nitrogens with one attached hydrogen (secondary N) is 1. The van der Waals surface area contributed by atoms with Crippen LogP contribution in [0.5, 0.6) is 0 Å². The number of anilines is 1. The normalized spacial score (nSPS) is 14.2. The van der Waals surface area contributed by atoms with Crippen LogP contribution in [0.25, 0.3) is 0 Å². The summed E-state index contributed by atoms with van der Waals surface area (Å²) in [6.45, 7) is 5.03. The second-order valence-corrected chi connectivity index (χ2v) is 5.94. The van der Waals surface area contributed by atoms with Gasteiger partial charge in [0.2, 0.25) is 5.95 Å². The quantitative estimate of drug-likeness (QED) is 0.796. The molecule has 2 aromatic rings. The van der Waals surface area contributed by atoms with Gasteiger partial charge < -0.3 is 14.6 Å². The molecule has 0 saturated heterocycles. The second kappa shape index (κ2) is 7.45. The fourth-order valence-corrected chi connectivity index (χ4v) is 3.13. The van der Waals surface area contributed by atoms with Crippen LogP contribution in [-0.4, -0.2) is 23.3 Å². The third-order valence-corrected chi connectivity index (χ3v) is 4.30. The van der Waals surface area contributed by atoms with Crippen molar-refractivity contribution in [2.45, 2.75) is 38.8 Å². The molecule has 5 heteroatoms. The SMILES string of the molecule is CCCC(Nc1nccn1C(C)COC)c1cccs1. The van der Waals surface area contributed by atoms with E-state index in [-0.39, 0.29) is 6.04 Å². The van der Waals surface area contributed by atoms with E-state index in [1.54, 1.807) is 18.4 Å². The predicted octanol–water partition coefficient (Wildman–Crippen LogP) is 4.11. The average molecular weight is 293 g/mol. The number of hydrogen-bond acceptors (Lipinski definition) is 4.